The van der Waals surface area contributed by atoms with Gasteiger partial charge in [-0.2, -0.15) is 0 Å². The van der Waals surface area contributed by atoms with Crippen molar-refractivity contribution < 1.29 is 9.72 Å². The molecule has 2 N–H and O–H groups in total. The highest BCUT2D eigenvalue weighted by molar-refractivity contribution is 5.91. The van der Waals surface area contributed by atoms with Gasteiger partial charge in [-0.05, 0) is 41.7 Å². The molecule has 0 saturated heterocycles. The van der Waals surface area contributed by atoms with Gasteiger partial charge in [-0.1, -0.05) is 24.3 Å². The average Bonchev–Trinajstić information content (AvgIpc) is 2.61. The normalized spacial score (nSPS) is 19.0. The third kappa shape index (κ3) is 2.32. The van der Waals surface area contributed by atoms with Gasteiger partial charge in [-0.3, -0.25) is 10.1 Å². The van der Waals surface area contributed by atoms with E-state index in [2.05, 4.69) is 16.7 Å². The highest BCUT2D eigenvalue weighted by atomic mass is 16.6. The van der Waals surface area contributed by atoms with Gasteiger partial charge in [0.25, 0.3) is 5.69 Å². The van der Waals surface area contributed by atoms with Crippen LogP contribution in [0.15, 0.2) is 54.1 Å². The van der Waals surface area contributed by atoms with Gasteiger partial charge in [-0.15, -0.1) is 0 Å². The first-order chi connectivity index (χ1) is 11.6. The van der Waals surface area contributed by atoms with E-state index in [4.69, 9.17) is 0 Å². The fourth-order valence-electron chi connectivity index (χ4n) is 3.43. The summed E-state index contributed by atoms with van der Waals surface area (Å²) >= 11 is 0. The van der Waals surface area contributed by atoms with Crippen LogP contribution < -0.4 is 10.6 Å². The molecule has 2 aliphatic rings. The number of rotatable bonds is 2. The van der Waals surface area contributed by atoms with E-state index in [1.54, 1.807) is 12.1 Å². The topological polar surface area (TPSA) is 84.3 Å². The zero-order chi connectivity index (χ0) is 16.7. The fourth-order valence-corrected chi connectivity index (χ4v) is 3.43. The molecule has 24 heavy (non-hydrogen) atoms. The summed E-state index contributed by atoms with van der Waals surface area (Å²) in [6.45, 7) is 0. The van der Waals surface area contributed by atoms with Crippen LogP contribution in [0.1, 0.15) is 29.2 Å². The van der Waals surface area contributed by atoms with Crippen molar-refractivity contribution in [1.82, 2.24) is 10.6 Å². The molecule has 2 amide bonds. The third-order valence-corrected chi connectivity index (χ3v) is 4.57. The van der Waals surface area contributed by atoms with Gasteiger partial charge in [-0.25, -0.2) is 4.79 Å². The van der Waals surface area contributed by atoms with Crippen molar-refractivity contribution in [2.45, 2.75) is 18.9 Å². The van der Waals surface area contributed by atoms with Crippen molar-refractivity contribution in [3.05, 3.63) is 80.9 Å². The Morgan fingerprint density at radius 2 is 1.79 bits per heavy atom. The summed E-state index contributed by atoms with van der Waals surface area (Å²) in [6, 6.07) is 13.9. The summed E-state index contributed by atoms with van der Waals surface area (Å²) in [5.74, 6) is 0. The summed E-state index contributed by atoms with van der Waals surface area (Å²) in [6.07, 6.45) is 1.75. The lowest BCUT2D eigenvalue weighted by Gasteiger charge is -2.34. The van der Waals surface area contributed by atoms with Crippen LogP contribution in [-0.2, 0) is 6.42 Å². The number of nitrogens with one attached hydrogen (secondary N) is 2. The number of carbonyl (C=O) groups is 1. The molecule has 2 aromatic rings. The molecule has 0 fully saturated rings. The number of hydrogen-bond donors (Lipinski definition) is 2. The molecule has 120 valence electrons. The maximum atomic E-state index is 12.1. The van der Waals surface area contributed by atoms with Crippen molar-refractivity contribution in [3.63, 3.8) is 0 Å². The highest BCUT2D eigenvalue weighted by Crippen LogP contribution is 2.38. The molecule has 1 heterocycles. The number of aryl methyl sites for hydroxylation is 1. The third-order valence-electron chi connectivity index (χ3n) is 4.57. The summed E-state index contributed by atoms with van der Waals surface area (Å²) in [4.78, 5) is 22.5. The minimum Gasteiger partial charge on any atom is -0.327 e. The second kappa shape index (κ2) is 5.49. The summed E-state index contributed by atoms with van der Waals surface area (Å²) in [5, 5.41) is 16.7. The first-order valence-electron chi connectivity index (χ1n) is 7.76. The molecule has 0 bridgehead atoms. The number of hydrogen-bond acceptors (Lipinski definition) is 3. The Hall–Kier alpha value is -3.15. The van der Waals surface area contributed by atoms with Gasteiger partial charge < -0.3 is 10.6 Å². The van der Waals surface area contributed by atoms with E-state index in [0.29, 0.717) is 0 Å². The monoisotopic (exact) mass is 321 g/mol. The lowest BCUT2D eigenvalue weighted by Crippen LogP contribution is -2.44. The molecule has 1 aliphatic heterocycles. The number of nitro benzene ring substituents is 1. The van der Waals surface area contributed by atoms with E-state index in [1.807, 2.05) is 18.2 Å². The second-order valence-electron chi connectivity index (χ2n) is 5.94. The molecule has 0 aromatic heterocycles. The van der Waals surface area contributed by atoms with Gasteiger partial charge in [0.1, 0.15) is 0 Å². The van der Waals surface area contributed by atoms with Crippen LogP contribution in [0.4, 0.5) is 10.5 Å². The minimum atomic E-state index is -0.424. The largest absolute Gasteiger partial charge is 0.327 e. The molecular weight excluding hydrogens is 306 g/mol. The molecule has 6 nitrogen and oxygen atoms in total. The Labute approximate surface area is 138 Å². The van der Waals surface area contributed by atoms with Crippen molar-refractivity contribution in [3.8, 4) is 0 Å². The van der Waals surface area contributed by atoms with Gasteiger partial charge in [0.2, 0.25) is 0 Å². The molecule has 0 radical (unpaired) electrons. The molecule has 0 saturated carbocycles. The summed E-state index contributed by atoms with van der Waals surface area (Å²) in [5.41, 5.74) is 5.15. The molecule has 1 atom stereocenters. The molecule has 4 rings (SSSR count). The molecule has 6 heteroatoms. The van der Waals surface area contributed by atoms with Crippen LogP contribution in [0.2, 0.25) is 0 Å². The first-order valence-corrected chi connectivity index (χ1v) is 7.76. The van der Waals surface area contributed by atoms with Crippen molar-refractivity contribution in [2.24, 2.45) is 0 Å². The zero-order valence-electron chi connectivity index (χ0n) is 12.8. The van der Waals surface area contributed by atoms with E-state index >= 15 is 0 Å². The number of nitro groups is 1. The van der Waals surface area contributed by atoms with Gasteiger partial charge in [0.05, 0.1) is 16.7 Å². The molecular formula is C18H15N3O3. The Kier molecular flexibility index (Phi) is 3.30. The first kappa shape index (κ1) is 14.4. The van der Waals surface area contributed by atoms with Crippen LogP contribution in [0.3, 0.4) is 0 Å². The van der Waals surface area contributed by atoms with Crippen LogP contribution in [0.25, 0.3) is 5.70 Å². The minimum absolute atomic E-state index is 0.0437. The molecule has 1 unspecified atom stereocenters. The maximum Gasteiger partial charge on any atom is 0.319 e. The van der Waals surface area contributed by atoms with Gasteiger partial charge in [0, 0.05) is 17.7 Å². The predicted molar refractivity (Wildman–Crippen MR) is 89.2 cm³/mol. The van der Waals surface area contributed by atoms with E-state index < -0.39 is 4.92 Å². The number of fused-ring (bicyclic) bond motifs is 2. The SMILES string of the molecule is O=C1NC2=C(CCc3ccccc32)C(c2ccc([N+](=O)[O-])cc2)N1. The second-order valence-corrected chi connectivity index (χ2v) is 5.94. The fraction of sp³-hybridized carbons (Fsp3) is 0.167. The summed E-state index contributed by atoms with van der Waals surface area (Å²) in [7, 11) is 0. The lowest BCUT2D eigenvalue weighted by molar-refractivity contribution is -0.384. The molecule has 1 aliphatic carbocycles. The lowest BCUT2D eigenvalue weighted by atomic mass is 9.83. The zero-order valence-corrected chi connectivity index (χ0v) is 12.8. The van der Waals surface area contributed by atoms with E-state index in [0.717, 1.165) is 35.2 Å². The number of amides is 2. The number of non-ortho nitro benzene ring substituents is 1. The number of carbonyl (C=O) groups excluding carboxylic acids is 1. The maximum absolute atomic E-state index is 12.1. The van der Waals surface area contributed by atoms with E-state index in [9.17, 15) is 14.9 Å². The highest BCUT2D eigenvalue weighted by Gasteiger charge is 2.31. The van der Waals surface area contributed by atoms with Crippen molar-refractivity contribution >= 4 is 17.4 Å². The van der Waals surface area contributed by atoms with Crippen LogP contribution >= 0.6 is 0 Å². The summed E-state index contributed by atoms with van der Waals surface area (Å²) < 4.78 is 0. The van der Waals surface area contributed by atoms with Crippen LogP contribution in [-0.4, -0.2) is 11.0 Å². The smallest absolute Gasteiger partial charge is 0.319 e. The molecule has 2 aromatic carbocycles. The number of nitrogens with zero attached hydrogens (tertiary/aromatic N) is 1. The average molecular weight is 321 g/mol. The number of urea groups is 1. The Morgan fingerprint density at radius 3 is 2.54 bits per heavy atom. The van der Waals surface area contributed by atoms with Crippen LogP contribution in [0.5, 0.6) is 0 Å². The van der Waals surface area contributed by atoms with Gasteiger partial charge in [0.15, 0.2) is 0 Å². The predicted octanol–water partition coefficient (Wildman–Crippen LogP) is 3.31. The number of benzene rings is 2. The van der Waals surface area contributed by atoms with E-state index in [-0.39, 0.29) is 17.8 Å². The van der Waals surface area contributed by atoms with Gasteiger partial charge >= 0.3 is 6.03 Å². The van der Waals surface area contributed by atoms with E-state index in [1.165, 1.54) is 17.7 Å². The Morgan fingerprint density at radius 1 is 1.04 bits per heavy atom. The Bertz CT molecular complexity index is 871. The standard InChI is InChI=1S/C18H15N3O3/c22-18-19-16(12-5-8-13(9-6-12)21(23)24)15-10-7-11-3-1-2-4-14(11)17(15)20-18/h1-6,8-9,16H,7,10H2,(H2,19,20,22). The quantitative estimate of drug-likeness (QED) is 0.657. The van der Waals surface area contributed by atoms with Crippen molar-refractivity contribution in [1.29, 1.82) is 0 Å². The molecule has 0 spiro atoms. The Balaban J connectivity index is 1.79. The van der Waals surface area contributed by atoms with Crippen molar-refractivity contribution in [2.75, 3.05) is 0 Å². The van der Waals surface area contributed by atoms with Crippen LogP contribution in [0, 0.1) is 10.1 Å².